The molecule has 1 fully saturated rings. The van der Waals surface area contributed by atoms with Crippen molar-refractivity contribution >= 4 is 39.7 Å². The molecule has 0 radical (unpaired) electrons. The van der Waals surface area contributed by atoms with Gasteiger partial charge in [0.2, 0.25) is 5.71 Å². The lowest BCUT2D eigenvalue weighted by Crippen LogP contribution is -2.39. The standard InChI is InChI=1S/C37H42N6O4/c1-22-28(31(35(44)45)47-36(2,3)4)30(42-16-12-37(5,6)13-17-42)27(19-39-22)24-9-10-25-20-43(15-11-23(25)18-24)33-32-29(40-21-41-33)26-8-7-14-38-34(26)46-32/h7-10,14,18-19,21,31H,11-13,15-17,20H2,1-6H3,(H,44,45)/t31-/m0/s1. The zero-order valence-electron chi connectivity index (χ0n) is 28.0. The van der Waals surface area contributed by atoms with Gasteiger partial charge in [-0.25, -0.2) is 19.7 Å². The van der Waals surface area contributed by atoms with Gasteiger partial charge in [-0.1, -0.05) is 32.0 Å². The Labute approximate surface area is 274 Å². The maximum atomic E-state index is 12.8. The fraction of sp³-hybridized carbons (Fsp3) is 0.432. The third kappa shape index (κ3) is 5.91. The van der Waals surface area contributed by atoms with Crippen molar-refractivity contribution in [2.45, 2.75) is 79.1 Å². The number of rotatable bonds is 6. The summed E-state index contributed by atoms with van der Waals surface area (Å²) in [6.45, 7) is 15.3. The highest BCUT2D eigenvalue weighted by Crippen LogP contribution is 2.44. The molecule has 0 unspecified atom stereocenters. The molecule has 47 heavy (non-hydrogen) atoms. The highest BCUT2D eigenvalue weighted by Gasteiger charge is 2.36. The van der Waals surface area contributed by atoms with Crippen LogP contribution in [0.25, 0.3) is 33.3 Å². The van der Waals surface area contributed by atoms with E-state index in [0.717, 1.165) is 72.4 Å². The summed E-state index contributed by atoms with van der Waals surface area (Å²) in [7, 11) is 0. The van der Waals surface area contributed by atoms with E-state index in [4.69, 9.17) is 14.1 Å². The van der Waals surface area contributed by atoms with Gasteiger partial charge in [0.05, 0.1) is 16.7 Å². The van der Waals surface area contributed by atoms with Gasteiger partial charge in [-0.05, 0) is 81.2 Å². The van der Waals surface area contributed by atoms with Gasteiger partial charge in [0.15, 0.2) is 17.5 Å². The summed E-state index contributed by atoms with van der Waals surface area (Å²) in [6, 6.07) is 10.4. The van der Waals surface area contributed by atoms with Crippen LogP contribution in [0.15, 0.2) is 53.5 Å². The number of carboxylic acids is 1. The fourth-order valence-corrected chi connectivity index (χ4v) is 6.92. The molecular formula is C37H42N6O4. The molecule has 1 saturated heterocycles. The Hall–Kier alpha value is -4.57. The normalized spacial score (nSPS) is 17.2. The molecule has 244 valence electrons. The van der Waals surface area contributed by atoms with Gasteiger partial charge in [0.25, 0.3) is 0 Å². The molecule has 1 N–H and O–H groups in total. The predicted molar refractivity (Wildman–Crippen MR) is 183 cm³/mol. The van der Waals surface area contributed by atoms with Gasteiger partial charge in [-0.3, -0.25) is 4.98 Å². The minimum Gasteiger partial charge on any atom is -0.479 e. The first kappa shape index (κ1) is 31.1. The maximum Gasteiger partial charge on any atom is 0.337 e. The van der Waals surface area contributed by atoms with Crippen LogP contribution in [0.5, 0.6) is 0 Å². The zero-order valence-corrected chi connectivity index (χ0v) is 28.0. The van der Waals surface area contributed by atoms with Crippen LogP contribution in [-0.2, 0) is 22.5 Å². The van der Waals surface area contributed by atoms with Crippen molar-refractivity contribution in [3.05, 3.63) is 71.4 Å². The average Bonchev–Trinajstić information content (AvgIpc) is 3.42. The Kier molecular flexibility index (Phi) is 7.66. The largest absolute Gasteiger partial charge is 0.479 e. The van der Waals surface area contributed by atoms with Crippen LogP contribution in [-0.4, -0.2) is 56.2 Å². The highest BCUT2D eigenvalue weighted by molar-refractivity contribution is 6.04. The van der Waals surface area contributed by atoms with Crippen molar-refractivity contribution in [3.63, 3.8) is 0 Å². The van der Waals surface area contributed by atoms with E-state index in [-0.39, 0.29) is 5.41 Å². The molecule has 1 aromatic carbocycles. The summed E-state index contributed by atoms with van der Waals surface area (Å²) in [5, 5.41) is 11.4. The lowest BCUT2D eigenvalue weighted by molar-refractivity contribution is -0.160. The molecule has 10 heteroatoms. The first-order valence-corrected chi connectivity index (χ1v) is 16.4. The van der Waals surface area contributed by atoms with Crippen molar-refractivity contribution < 1.29 is 19.1 Å². The molecule has 10 nitrogen and oxygen atoms in total. The highest BCUT2D eigenvalue weighted by atomic mass is 16.5. The van der Waals surface area contributed by atoms with Crippen molar-refractivity contribution in [3.8, 4) is 11.1 Å². The number of anilines is 2. The van der Waals surface area contributed by atoms with E-state index in [0.29, 0.717) is 29.1 Å². The molecule has 0 bridgehead atoms. The second-order valence-electron chi connectivity index (χ2n) is 14.6. The SMILES string of the molecule is Cc1ncc(-c2ccc3c(c2)CCN(c2ncnc4c2oc2ncccc24)C3)c(N2CCC(C)(C)CC2)c1[C@H](OC(C)(C)C)C(=O)O. The van der Waals surface area contributed by atoms with E-state index in [1.165, 1.54) is 11.1 Å². The third-order valence-electron chi connectivity index (χ3n) is 9.52. The predicted octanol–water partition coefficient (Wildman–Crippen LogP) is 7.27. The number of carboxylic acid groups (broad SMARTS) is 1. The first-order valence-electron chi connectivity index (χ1n) is 16.4. The Morgan fingerprint density at radius 1 is 1.02 bits per heavy atom. The topological polar surface area (TPSA) is 118 Å². The van der Waals surface area contributed by atoms with Crippen molar-refractivity contribution in [2.24, 2.45) is 5.41 Å². The molecule has 0 saturated carbocycles. The van der Waals surface area contributed by atoms with Gasteiger partial charge in [0.1, 0.15) is 11.8 Å². The fourth-order valence-electron chi connectivity index (χ4n) is 6.92. The maximum absolute atomic E-state index is 12.8. The smallest absolute Gasteiger partial charge is 0.337 e. The van der Waals surface area contributed by atoms with Crippen LogP contribution in [0.1, 0.15) is 75.9 Å². The number of fused-ring (bicyclic) bond motifs is 4. The lowest BCUT2D eigenvalue weighted by atomic mass is 9.82. The van der Waals surface area contributed by atoms with Gasteiger partial charge in [-0.2, -0.15) is 0 Å². The summed E-state index contributed by atoms with van der Waals surface area (Å²) in [5.74, 6) is -0.242. The number of piperidine rings is 1. The lowest BCUT2D eigenvalue weighted by Gasteiger charge is -2.41. The van der Waals surface area contributed by atoms with Gasteiger partial charge in [0, 0.05) is 55.4 Å². The molecule has 0 aliphatic carbocycles. The van der Waals surface area contributed by atoms with E-state index < -0.39 is 17.7 Å². The Bertz CT molecular complexity index is 1980. The molecule has 0 spiro atoms. The minimum absolute atomic E-state index is 0.235. The number of ether oxygens (including phenoxy) is 1. The molecular weight excluding hydrogens is 592 g/mol. The molecule has 1 atom stereocenters. The van der Waals surface area contributed by atoms with E-state index in [2.05, 4.69) is 56.8 Å². The van der Waals surface area contributed by atoms with E-state index in [1.807, 2.05) is 46.0 Å². The van der Waals surface area contributed by atoms with Crippen LogP contribution < -0.4 is 9.80 Å². The van der Waals surface area contributed by atoms with Crippen LogP contribution in [0.3, 0.4) is 0 Å². The Balaban J connectivity index is 1.28. The second-order valence-corrected chi connectivity index (χ2v) is 14.6. The molecule has 2 aliphatic heterocycles. The number of aromatic nitrogens is 4. The molecule has 5 aromatic rings. The van der Waals surface area contributed by atoms with Gasteiger partial charge < -0.3 is 24.1 Å². The molecule has 4 aromatic heterocycles. The second kappa shape index (κ2) is 11.6. The number of aryl methyl sites for hydroxylation is 1. The number of furan rings is 1. The van der Waals surface area contributed by atoms with Crippen LogP contribution in [0.2, 0.25) is 0 Å². The zero-order chi connectivity index (χ0) is 33.1. The molecule has 6 heterocycles. The van der Waals surface area contributed by atoms with Crippen molar-refractivity contribution in [1.82, 2.24) is 19.9 Å². The number of pyridine rings is 2. The number of carbonyl (C=O) groups is 1. The summed E-state index contributed by atoms with van der Waals surface area (Å²) >= 11 is 0. The summed E-state index contributed by atoms with van der Waals surface area (Å²) < 4.78 is 12.4. The van der Waals surface area contributed by atoms with Crippen LogP contribution >= 0.6 is 0 Å². The molecule has 7 rings (SSSR count). The van der Waals surface area contributed by atoms with Crippen LogP contribution in [0.4, 0.5) is 11.5 Å². The number of hydrogen-bond acceptors (Lipinski definition) is 9. The number of aliphatic carboxylic acids is 1. The van der Waals surface area contributed by atoms with E-state index in [9.17, 15) is 9.90 Å². The molecule has 2 aliphatic rings. The Morgan fingerprint density at radius 3 is 2.55 bits per heavy atom. The third-order valence-corrected chi connectivity index (χ3v) is 9.52. The van der Waals surface area contributed by atoms with Crippen LogP contribution in [0, 0.1) is 12.3 Å². The summed E-state index contributed by atoms with van der Waals surface area (Å²) in [5.41, 5.74) is 8.22. The van der Waals surface area contributed by atoms with Crippen molar-refractivity contribution in [1.29, 1.82) is 0 Å². The number of hydrogen-bond donors (Lipinski definition) is 1. The molecule has 0 amide bonds. The summed E-state index contributed by atoms with van der Waals surface area (Å²) in [6.07, 6.45) is 6.93. The quantitative estimate of drug-likeness (QED) is 0.204. The number of benzene rings is 1. The Morgan fingerprint density at radius 2 is 1.81 bits per heavy atom. The van der Waals surface area contributed by atoms with Gasteiger partial charge in [-0.15, -0.1) is 0 Å². The van der Waals surface area contributed by atoms with Gasteiger partial charge >= 0.3 is 5.97 Å². The van der Waals surface area contributed by atoms with E-state index >= 15 is 0 Å². The average molecular weight is 635 g/mol. The van der Waals surface area contributed by atoms with Crippen molar-refractivity contribution in [2.75, 3.05) is 29.4 Å². The summed E-state index contributed by atoms with van der Waals surface area (Å²) in [4.78, 5) is 35.7. The number of nitrogens with zero attached hydrogens (tertiary/aromatic N) is 6. The monoisotopic (exact) mass is 634 g/mol. The van der Waals surface area contributed by atoms with E-state index in [1.54, 1.807) is 12.5 Å². The minimum atomic E-state index is -1.14. The first-order chi connectivity index (χ1) is 22.4.